The van der Waals surface area contributed by atoms with Crippen LogP contribution in [0.2, 0.25) is 5.15 Å². The normalized spacial score (nSPS) is 9.83. The van der Waals surface area contributed by atoms with Crippen molar-refractivity contribution < 1.29 is 4.74 Å². The van der Waals surface area contributed by atoms with E-state index in [0.29, 0.717) is 17.9 Å². The van der Waals surface area contributed by atoms with Crippen molar-refractivity contribution in [2.75, 3.05) is 6.61 Å². The summed E-state index contributed by atoms with van der Waals surface area (Å²) in [5, 5.41) is 9.03. The molecule has 0 spiro atoms. The summed E-state index contributed by atoms with van der Waals surface area (Å²) in [5.74, 6) is 0.758. The Labute approximate surface area is 111 Å². The van der Waals surface area contributed by atoms with Gasteiger partial charge in [0, 0.05) is 5.56 Å². The zero-order chi connectivity index (χ0) is 13.0. The average Bonchev–Trinajstić information content (AvgIpc) is 2.40. The molecule has 0 N–H and O–H groups in total. The van der Waals surface area contributed by atoms with Crippen molar-refractivity contribution in [2.24, 2.45) is 0 Å². The fourth-order valence-corrected chi connectivity index (χ4v) is 1.82. The number of halogens is 1. The van der Waals surface area contributed by atoms with Crippen molar-refractivity contribution in [3.63, 3.8) is 0 Å². The second-order valence-electron chi connectivity index (χ2n) is 3.58. The van der Waals surface area contributed by atoms with Crippen LogP contribution in [0.4, 0.5) is 0 Å². The first kappa shape index (κ1) is 12.4. The number of hydrogen-bond donors (Lipinski definition) is 0. The van der Waals surface area contributed by atoms with E-state index >= 15 is 0 Å². The molecule has 1 aromatic carbocycles. The molecule has 1 heterocycles. The monoisotopic (exact) mass is 258 g/mol. The fourth-order valence-electron chi connectivity index (χ4n) is 1.63. The van der Waals surface area contributed by atoms with Crippen molar-refractivity contribution in [3.8, 4) is 23.1 Å². The lowest BCUT2D eigenvalue weighted by Crippen LogP contribution is -1.95. The number of nitriles is 1. The van der Waals surface area contributed by atoms with Crippen LogP contribution in [0.15, 0.2) is 36.4 Å². The summed E-state index contributed by atoms with van der Waals surface area (Å²) < 4.78 is 5.54. The van der Waals surface area contributed by atoms with Crippen LogP contribution in [0, 0.1) is 11.3 Å². The van der Waals surface area contributed by atoms with Crippen molar-refractivity contribution in [2.45, 2.75) is 6.92 Å². The molecule has 2 rings (SSSR count). The summed E-state index contributed by atoms with van der Waals surface area (Å²) in [6.07, 6.45) is 0. The van der Waals surface area contributed by atoms with Gasteiger partial charge in [-0.15, -0.1) is 0 Å². The molecule has 0 radical (unpaired) electrons. The summed E-state index contributed by atoms with van der Waals surface area (Å²) in [5.41, 5.74) is 1.93. The molecule has 3 nitrogen and oxygen atoms in total. The molecule has 0 atom stereocenters. The molecule has 0 aliphatic carbocycles. The Kier molecular flexibility index (Phi) is 3.81. The van der Waals surface area contributed by atoms with Gasteiger partial charge in [-0.25, -0.2) is 4.98 Å². The number of ether oxygens (including phenoxy) is 1. The second kappa shape index (κ2) is 5.52. The number of para-hydroxylation sites is 1. The van der Waals surface area contributed by atoms with Gasteiger partial charge in [0.05, 0.1) is 17.9 Å². The quantitative estimate of drug-likeness (QED) is 0.789. The molecule has 1 aromatic heterocycles. The maximum absolute atomic E-state index is 8.82. The molecule has 0 saturated carbocycles. The van der Waals surface area contributed by atoms with Crippen LogP contribution in [0.3, 0.4) is 0 Å². The lowest BCUT2D eigenvalue weighted by Gasteiger charge is -2.09. The minimum atomic E-state index is 0.210. The van der Waals surface area contributed by atoms with Crippen molar-refractivity contribution in [1.29, 1.82) is 5.26 Å². The van der Waals surface area contributed by atoms with Gasteiger partial charge in [0.1, 0.15) is 17.0 Å². The number of pyridine rings is 1. The van der Waals surface area contributed by atoms with Gasteiger partial charge in [0.25, 0.3) is 0 Å². The second-order valence-corrected chi connectivity index (χ2v) is 3.93. The minimum Gasteiger partial charge on any atom is -0.493 e. The minimum absolute atomic E-state index is 0.210. The molecule has 0 amide bonds. The van der Waals surface area contributed by atoms with Crippen LogP contribution in [-0.4, -0.2) is 11.6 Å². The van der Waals surface area contributed by atoms with E-state index in [0.717, 1.165) is 11.3 Å². The highest BCUT2D eigenvalue weighted by atomic mass is 35.5. The molecule has 18 heavy (non-hydrogen) atoms. The van der Waals surface area contributed by atoms with Crippen LogP contribution in [-0.2, 0) is 0 Å². The zero-order valence-electron chi connectivity index (χ0n) is 9.85. The highest BCUT2D eigenvalue weighted by Crippen LogP contribution is 2.29. The van der Waals surface area contributed by atoms with Crippen LogP contribution >= 0.6 is 11.6 Å². The number of benzene rings is 1. The summed E-state index contributed by atoms with van der Waals surface area (Å²) in [6.45, 7) is 2.51. The summed E-state index contributed by atoms with van der Waals surface area (Å²) in [6, 6.07) is 13.0. The largest absolute Gasteiger partial charge is 0.493 e. The molecule has 90 valence electrons. The van der Waals surface area contributed by atoms with Crippen LogP contribution in [0.1, 0.15) is 12.5 Å². The molecular formula is C14H11ClN2O. The van der Waals surface area contributed by atoms with Crippen molar-refractivity contribution in [3.05, 3.63) is 47.1 Å². The molecule has 2 aromatic rings. The van der Waals surface area contributed by atoms with Crippen molar-refractivity contribution >= 4 is 11.6 Å². The maximum Gasteiger partial charge on any atom is 0.147 e. The summed E-state index contributed by atoms with van der Waals surface area (Å²) in [4.78, 5) is 4.22. The van der Waals surface area contributed by atoms with E-state index in [1.165, 1.54) is 0 Å². The lowest BCUT2D eigenvalue weighted by atomic mass is 10.1. The number of aromatic nitrogens is 1. The Hall–Kier alpha value is -2.05. The summed E-state index contributed by atoms with van der Waals surface area (Å²) in [7, 11) is 0. The van der Waals surface area contributed by atoms with Crippen molar-refractivity contribution in [1.82, 2.24) is 4.98 Å². The van der Waals surface area contributed by atoms with E-state index in [1.807, 2.05) is 37.3 Å². The maximum atomic E-state index is 8.82. The van der Waals surface area contributed by atoms with Gasteiger partial charge < -0.3 is 4.74 Å². The number of hydrogen-bond acceptors (Lipinski definition) is 3. The molecule has 0 saturated heterocycles. The van der Waals surface area contributed by atoms with E-state index < -0.39 is 0 Å². The number of rotatable bonds is 3. The predicted molar refractivity (Wildman–Crippen MR) is 70.6 cm³/mol. The molecule has 0 unspecified atom stereocenters. The standard InChI is InChI=1S/C14H11ClN2O/c1-2-18-13-6-4-3-5-11(13)12-8-7-10(9-16)14(15)17-12/h3-8H,2H2,1H3. The van der Waals surface area contributed by atoms with Gasteiger partial charge in [-0.2, -0.15) is 5.26 Å². The van der Waals surface area contributed by atoms with Crippen LogP contribution < -0.4 is 4.74 Å². The zero-order valence-corrected chi connectivity index (χ0v) is 10.6. The predicted octanol–water partition coefficient (Wildman–Crippen LogP) is 3.67. The topological polar surface area (TPSA) is 45.9 Å². The summed E-state index contributed by atoms with van der Waals surface area (Å²) >= 11 is 5.93. The Morgan fingerprint density at radius 1 is 1.28 bits per heavy atom. The van der Waals surface area contributed by atoms with Crippen LogP contribution in [0.5, 0.6) is 5.75 Å². The Morgan fingerprint density at radius 3 is 2.72 bits per heavy atom. The van der Waals surface area contributed by atoms with Gasteiger partial charge in [0.15, 0.2) is 0 Å². The fraction of sp³-hybridized carbons (Fsp3) is 0.143. The number of nitrogens with zero attached hydrogens (tertiary/aromatic N) is 2. The lowest BCUT2D eigenvalue weighted by molar-refractivity contribution is 0.341. The third kappa shape index (κ3) is 2.44. The van der Waals surface area contributed by atoms with Gasteiger partial charge in [-0.1, -0.05) is 23.7 Å². The Morgan fingerprint density at radius 2 is 2.06 bits per heavy atom. The molecule has 4 heteroatoms. The van der Waals surface area contributed by atoms with E-state index in [2.05, 4.69) is 4.98 Å². The van der Waals surface area contributed by atoms with Gasteiger partial charge in [-0.05, 0) is 31.2 Å². The first-order valence-electron chi connectivity index (χ1n) is 5.55. The van der Waals surface area contributed by atoms with E-state index in [-0.39, 0.29) is 5.15 Å². The highest BCUT2D eigenvalue weighted by Gasteiger charge is 2.09. The smallest absolute Gasteiger partial charge is 0.147 e. The molecule has 0 fully saturated rings. The van der Waals surface area contributed by atoms with Gasteiger partial charge in [0.2, 0.25) is 0 Å². The third-order valence-electron chi connectivity index (χ3n) is 2.43. The molecule has 0 aliphatic rings. The SMILES string of the molecule is CCOc1ccccc1-c1ccc(C#N)c(Cl)n1. The average molecular weight is 259 g/mol. The first-order chi connectivity index (χ1) is 8.76. The van der Waals surface area contributed by atoms with E-state index in [9.17, 15) is 0 Å². The van der Waals surface area contributed by atoms with E-state index in [1.54, 1.807) is 12.1 Å². The van der Waals surface area contributed by atoms with Crippen LogP contribution in [0.25, 0.3) is 11.3 Å². The highest BCUT2D eigenvalue weighted by molar-refractivity contribution is 6.30. The molecular weight excluding hydrogens is 248 g/mol. The third-order valence-corrected chi connectivity index (χ3v) is 2.72. The Balaban J connectivity index is 2.49. The molecule has 0 bridgehead atoms. The van der Waals surface area contributed by atoms with E-state index in [4.69, 9.17) is 21.6 Å². The van der Waals surface area contributed by atoms with Gasteiger partial charge >= 0.3 is 0 Å². The Bertz CT molecular complexity index is 605. The van der Waals surface area contributed by atoms with Gasteiger partial charge in [-0.3, -0.25) is 0 Å². The molecule has 0 aliphatic heterocycles. The first-order valence-corrected chi connectivity index (χ1v) is 5.93.